The summed E-state index contributed by atoms with van der Waals surface area (Å²) in [6.45, 7) is 3.55. The lowest BCUT2D eigenvalue weighted by molar-refractivity contribution is -0.870. The minimum atomic E-state index is 0. The summed E-state index contributed by atoms with van der Waals surface area (Å²) in [5.41, 5.74) is 0. The van der Waals surface area contributed by atoms with E-state index in [1.807, 2.05) is 0 Å². The van der Waals surface area contributed by atoms with Crippen LogP contribution in [0.3, 0.4) is 0 Å². The zero-order chi connectivity index (χ0) is 10.3. The SMILES string of the molecule is CN(CCCCl)CCC[N+](C)(C)C.[Br-]. The zero-order valence-corrected chi connectivity index (χ0v) is 12.2. The van der Waals surface area contributed by atoms with Gasteiger partial charge >= 0.3 is 0 Å². The first-order chi connectivity index (χ1) is 5.95. The minimum absolute atomic E-state index is 0. The van der Waals surface area contributed by atoms with E-state index in [2.05, 4.69) is 33.1 Å². The van der Waals surface area contributed by atoms with Gasteiger partial charge in [0.05, 0.1) is 27.7 Å². The summed E-state index contributed by atoms with van der Waals surface area (Å²) >= 11 is 5.62. The van der Waals surface area contributed by atoms with Gasteiger partial charge in [-0.2, -0.15) is 0 Å². The Labute approximate surface area is 105 Å². The molecule has 0 aliphatic rings. The number of hydrogen-bond donors (Lipinski definition) is 0. The third kappa shape index (κ3) is 12.7. The van der Waals surface area contributed by atoms with E-state index in [1.165, 1.54) is 19.5 Å². The molecule has 0 unspecified atom stereocenters. The number of alkyl halides is 1. The van der Waals surface area contributed by atoms with Crippen molar-refractivity contribution in [2.24, 2.45) is 0 Å². The molecule has 88 valence electrons. The Kier molecular flexibility index (Phi) is 10.9. The molecule has 0 amide bonds. The van der Waals surface area contributed by atoms with Crippen LogP contribution in [0.25, 0.3) is 0 Å². The number of quaternary nitrogens is 1. The molecule has 0 aromatic carbocycles. The van der Waals surface area contributed by atoms with Gasteiger partial charge in [-0.05, 0) is 20.0 Å². The first-order valence-corrected chi connectivity index (χ1v) is 5.54. The molecule has 2 nitrogen and oxygen atoms in total. The Morgan fingerprint density at radius 3 is 2.00 bits per heavy atom. The molecule has 0 aliphatic carbocycles. The van der Waals surface area contributed by atoms with Crippen molar-refractivity contribution in [3.05, 3.63) is 0 Å². The third-order valence-electron chi connectivity index (χ3n) is 2.04. The van der Waals surface area contributed by atoms with E-state index in [1.54, 1.807) is 0 Å². The highest BCUT2D eigenvalue weighted by molar-refractivity contribution is 6.17. The van der Waals surface area contributed by atoms with E-state index in [0.29, 0.717) is 0 Å². The van der Waals surface area contributed by atoms with Crippen molar-refractivity contribution in [1.29, 1.82) is 0 Å². The molecule has 0 saturated carbocycles. The summed E-state index contributed by atoms with van der Waals surface area (Å²) < 4.78 is 1.06. The molecule has 0 fully saturated rings. The maximum Gasteiger partial charge on any atom is 0.0792 e. The van der Waals surface area contributed by atoms with Crippen LogP contribution in [0.5, 0.6) is 0 Å². The van der Waals surface area contributed by atoms with Gasteiger partial charge in [-0.3, -0.25) is 0 Å². The Hall–Kier alpha value is 0.690. The lowest BCUT2D eigenvalue weighted by atomic mass is 10.3. The summed E-state index contributed by atoms with van der Waals surface area (Å²) in [6.07, 6.45) is 2.37. The Bertz CT molecular complexity index is 126. The number of nitrogens with zero attached hydrogens (tertiary/aromatic N) is 2. The van der Waals surface area contributed by atoms with Gasteiger partial charge < -0.3 is 26.4 Å². The highest BCUT2D eigenvalue weighted by Crippen LogP contribution is 1.96. The van der Waals surface area contributed by atoms with E-state index in [0.717, 1.165) is 23.3 Å². The summed E-state index contributed by atoms with van der Waals surface area (Å²) in [5, 5.41) is 0. The molecule has 4 heteroatoms. The van der Waals surface area contributed by atoms with Crippen molar-refractivity contribution in [2.75, 3.05) is 53.7 Å². The maximum atomic E-state index is 5.62. The monoisotopic (exact) mass is 286 g/mol. The topological polar surface area (TPSA) is 3.24 Å². The molecule has 0 aliphatic heterocycles. The Morgan fingerprint density at radius 1 is 1.07 bits per heavy atom. The van der Waals surface area contributed by atoms with Crippen LogP contribution in [0.4, 0.5) is 0 Å². The van der Waals surface area contributed by atoms with Gasteiger partial charge in [0.25, 0.3) is 0 Å². The fourth-order valence-electron chi connectivity index (χ4n) is 1.26. The normalized spacial score (nSPS) is 11.6. The van der Waals surface area contributed by atoms with Crippen molar-refractivity contribution in [1.82, 2.24) is 4.90 Å². The minimum Gasteiger partial charge on any atom is -1.00 e. The lowest BCUT2D eigenvalue weighted by Crippen LogP contribution is -3.00. The fourth-order valence-corrected chi connectivity index (χ4v) is 1.38. The number of rotatable bonds is 7. The van der Waals surface area contributed by atoms with Crippen LogP contribution in [-0.2, 0) is 0 Å². The second-order valence-electron chi connectivity index (χ2n) is 4.71. The maximum absolute atomic E-state index is 5.62. The van der Waals surface area contributed by atoms with Gasteiger partial charge in [-0.25, -0.2) is 0 Å². The third-order valence-corrected chi connectivity index (χ3v) is 2.31. The van der Waals surface area contributed by atoms with Crippen molar-refractivity contribution >= 4 is 11.6 Å². The Morgan fingerprint density at radius 2 is 1.57 bits per heavy atom. The van der Waals surface area contributed by atoms with Crippen LogP contribution in [0.1, 0.15) is 12.8 Å². The molecule has 0 radical (unpaired) electrons. The van der Waals surface area contributed by atoms with Crippen LogP contribution >= 0.6 is 11.6 Å². The van der Waals surface area contributed by atoms with Gasteiger partial charge in [0.1, 0.15) is 0 Å². The van der Waals surface area contributed by atoms with Gasteiger partial charge in [-0.1, -0.05) is 0 Å². The average molecular weight is 288 g/mol. The van der Waals surface area contributed by atoms with Gasteiger partial charge in [-0.15, -0.1) is 11.6 Å². The van der Waals surface area contributed by atoms with Gasteiger partial charge in [0, 0.05) is 18.8 Å². The van der Waals surface area contributed by atoms with Crippen LogP contribution in [0.2, 0.25) is 0 Å². The largest absolute Gasteiger partial charge is 1.00 e. The van der Waals surface area contributed by atoms with E-state index in [9.17, 15) is 0 Å². The summed E-state index contributed by atoms with van der Waals surface area (Å²) in [4.78, 5) is 2.36. The van der Waals surface area contributed by atoms with Crippen molar-refractivity contribution in [3.63, 3.8) is 0 Å². The Balaban J connectivity index is 0. The molecule has 0 aromatic heterocycles. The lowest BCUT2D eigenvalue weighted by Gasteiger charge is -2.25. The quantitative estimate of drug-likeness (QED) is 0.413. The highest BCUT2D eigenvalue weighted by Gasteiger charge is 2.06. The second kappa shape index (κ2) is 8.96. The summed E-state index contributed by atoms with van der Waals surface area (Å²) in [5.74, 6) is 0.777. The predicted molar refractivity (Wildman–Crippen MR) is 60.4 cm³/mol. The van der Waals surface area contributed by atoms with Gasteiger partial charge in [0.2, 0.25) is 0 Å². The highest BCUT2D eigenvalue weighted by atomic mass is 79.9. The molecule has 14 heavy (non-hydrogen) atoms. The van der Waals surface area contributed by atoms with Crippen molar-refractivity contribution in [3.8, 4) is 0 Å². The fraction of sp³-hybridized carbons (Fsp3) is 1.00. The van der Waals surface area contributed by atoms with Crippen LogP contribution in [-0.4, -0.2) is 63.1 Å². The van der Waals surface area contributed by atoms with Crippen LogP contribution in [0.15, 0.2) is 0 Å². The van der Waals surface area contributed by atoms with E-state index >= 15 is 0 Å². The standard InChI is InChI=1S/C10H24ClN2.BrH/c1-12(8-5-7-11)9-6-10-13(2,3)4;/h5-10H2,1-4H3;1H/q+1;/p-1. The molecule has 0 aromatic rings. The molecular weight excluding hydrogens is 263 g/mol. The molecular formula is C10H24BrClN2. The molecule has 0 N–H and O–H groups in total. The first kappa shape index (κ1) is 17.1. The second-order valence-corrected chi connectivity index (χ2v) is 5.09. The summed E-state index contributed by atoms with van der Waals surface area (Å²) in [7, 11) is 8.87. The van der Waals surface area contributed by atoms with Crippen molar-refractivity contribution < 1.29 is 21.5 Å². The number of hydrogen-bond acceptors (Lipinski definition) is 1. The first-order valence-electron chi connectivity index (χ1n) is 5.00. The van der Waals surface area contributed by atoms with Gasteiger partial charge in [0.15, 0.2) is 0 Å². The van der Waals surface area contributed by atoms with E-state index in [4.69, 9.17) is 11.6 Å². The predicted octanol–water partition coefficient (Wildman–Crippen LogP) is -1.35. The molecule has 0 atom stereocenters. The summed E-state index contributed by atoms with van der Waals surface area (Å²) in [6, 6.07) is 0. The smallest absolute Gasteiger partial charge is 0.0792 e. The zero-order valence-electron chi connectivity index (χ0n) is 9.89. The molecule has 0 bridgehead atoms. The molecule has 0 rings (SSSR count). The van der Waals surface area contributed by atoms with Crippen molar-refractivity contribution in [2.45, 2.75) is 12.8 Å². The van der Waals surface area contributed by atoms with Crippen LogP contribution < -0.4 is 17.0 Å². The van der Waals surface area contributed by atoms with Crippen LogP contribution in [0, 0.1) is 0 Å². The molecule has 0 spiro atoms. The number of halogens is 2. The molecule has 0 saturated heterocycles. The average Bonchev–Trinajstić information content (AvgIpc) is 1.98. The van der Waals surface area contributed by atoms with E-state index < -0.39 is 0 Å². The molecule has 0 heterocycles. The van der Waals surface area contributed by atoms with E-state index in [-0.39, 0.29) is 17.0 Å².